The molecule has 0 aliphatic rings. The molecule has 0 atom stereocenters. The molecule has 0 unspecified atom stereocenters. The highest BCUT2D eigenvalue weighted by Crippen LogP contribution is 2.36. The van der Waals surface area contributed by atoms with Gasteiger partial charge in [0.25, 0.3) is 0 Å². The largest absolute Gasteiger partial charge is 0.493 e. The molecule has 4 nitrogen and oxygen atoms in total. The van der Waals surface area contributed by atoms with Crippen LogP contribution in [0.3, 0.4) is 0 Å². The highest BCUT2D eigenvalue weighted by molar-refractivity contribution is 9.10. The van der Waals surface area contributed by atoms with Gasteiger partial charge in [0.05, 0.1) is 17.3 Å². The molecule has 104 valence electrons. The quantitative estimate of drug-likeness (QED) is 0.865. The molecule has 0 fully saturated rings. The highest BCUT2D eigenvalue weighted by atomic mass is 79.9. The number of halogens is 2. The van der Waals surface area contributed by atoms with Gasteiger partial charge in [-0.1, -0.05) is 29.8 Å². The molecule has 0 saturated heterocycles. The van der Waals surface area contributed by atoms with E-state index in [4.69, 9.17) is 21.1 Å². The first-order chi connectivity index (χ1) is 9.60. The van der Waals surface area contributed by atoms with E-state index in [1.165, 1.54) is 7.11 Å². The fourth-order valence-electron chi connectivity index (χ4n) is 1.59. The lowest BCUT2D eigenvalue weighted by Crippen LogP contribution is -2.17. The Morgan fingerprint density at radius 1 is 1.25 bits per heavy atom. The lowest BCUT2D eigenvalue weighted by Gasteiger charge is -2.12. The van der Waals surface area contributed by atoms with Crippen LogP contribution in [0.2, 0.25) is 5.02 Å². The normalized spacial score (nSPS) is 9.95. The fraction of sp³-hybridized carbons (Fsp3) is 0.0714. The molecular formula is C14H11BrClNO3. The van der Waals surface area contributed by atoms with E-state index < -0.39 is 6.09 Å². The van der Waals surface area contributed by atoms with Gasteiger partial charge in [-0.2, -0.15) is 0 Å². The van der Waals surface area contributed by atoms with Crippen molar-refractivity contribution in [1.29, 1.82) is 0 Å². The minimum Gasteiger partial charge on any atom is -0.493 e. The van der Waals surface area contributed by atoms with Gasteiger partial charge in [0.2, 0.25) is 0 Å². The van der Waals surface area contributed by atoms with Gasteiger partial charge in [0.1, 0.15) is 5.75 Å². The summed E-state index contributed by atoms with van der Waals surface area (Å²) in [6.07, 6.45) is -0.622. The molecule has 6 heteroatoms. The van der Waals surface area contributed by atoms with E-state index in [2.05, 4.69) is 21.2 Å². The molecular weight excluding hydrogens is 346 g/mol. The van der Waals surface area contributed by atoms with Crippen LogP contribution in [0, 0.1) is 0 Å². The summed E-state index contributed by atoms with van der Waals surface area (Å²) in [6, 6.07) is 12.0. The van der Waals surface area contributed by atoms with Crippen LogP contribution in [0.5, 0.6) is 11.5 Å². The number of hydrogen-bond acceptors (Lipinski definition) is 3. The average Bonchev–Trinajstić information content (AvgIpc) is 2.39. The third kappa shape index (κ3) is 3.65. The first kappa shape index (κ1) is 14.7. The van der Waals surface area contributed by atoms with E-state index in [1.807, 2.05) is 6.07 Å². The van der Waals surface area contributed by atoms with Gasteiger partial charge < -0.3 is 9.47 Å². The van der Waals surface area contributed by atoms with E-state index in [0.717, 1.165) is 0 Å². The van der Waals surface area contributed by atoms with Gasteiger partial charge in [-0.3, -0.25) is 5.32 Å². The molecule has 0 saturated carbocycles. The second kappa shape index (κ2) is 6.63. The molecule has 1 amide bonds. The minimum absolute atomic E-state index is 0.424. The number of methoxy groups -OCH3 is 1. The van der Waals surface area contributed by atoms with Gasteiger partial charge in [0.15, 0.2) is 5.75 Å². The van der Waals surface area contributed by atoms with Gasteiger partial charge in [-0.25, -0.2) is 4.79 Å². The van der Waals surface area contributed by atoms with Crippen molar-refractivity contribution in [3.63, 3.8) is 0 Å². The number of anilines is 1. The van der Waals surface area contributed by atoms with Crippen LogP contribution in [0.25, 0.3) is 0 Å². The Kier molecular flexibility index (Phi) is 4.87. The number of carbonyl (C=O) groups excluding carboxylic acids is 1. The summed E-state index contributed by atoms with van der Waals surface area (Å²) < 4.78 is 11.0. The highest BCUT2D eigenvalue weighted by Gasteiger charge is 2.13. The van der Waals surface area contributed by atoms with Crippen LogP contribution >= 0.6 is 27.5 Å². The summed E-state index contributed by atoms with van der Waals surface area (Å²) in [4.78, 5) is 11.8. The lowest BCUT2D eigenvalue weighted by molar-refractivity contribution is 0.215. The van der Waals surface area contributed by atoms with Crippen molar-refractivity contribution in [2.45, 2.75) is 0 Å². The van der Waals surface area contributed by atoms with Gasteiger partial charge in [-0.05, 0) is 40.2 Å². The second-order valence-corrected chi connectivity index (χ2v) is 5.09. The summed E-state index contributed by atoms with van der Waals surface area (Å²) in [5.74, 6) is 0.921. The zero-order valence-electron chi connectivity index (χ0n) is 10.5. The number of para-hydroxylation sites is 1. The van der Waals surface area contributed by atoms with E-state index in [0.29, 0.717) is 26.7 Å². The monoisotopic (exact) mass is 355 g/mol. The lowest BCUT2D eigenvalue weighted by atomic mass is 10.3. The van der Waals surface area contributed by atoms with Crippen molar-refractivity contribution in [3.8, 4) is 11.5 Å². The third-order valence-electron chi connectivity index (χ3n) is 2.40. The number of benzene rings is 2. The molecule has 2 aromatic carbocycles. The van der Waals surface area contributed by atoms with Crippen LogP contribution in [0.4, 0.5) is 10.5 Å². The van der Waals surface area contributed by atoms with Crippen molar-refractivity contribution in [2.24, 2.45) is 0 Å². The van der Waals surface area contributed by atoms with Crippen molar-refractivity contribution >= 4 is 39.3 Å². The first-order valence-corrected chi connectivity index (χ1v) is 6.84. The molecule has 0 radical (unpaired) electrons. The Balaban J connectivity index is 2.15. The summed E-state index contributed by atoms with van der Waals surface area (Å²) in [6.45, 7) is 0. The predicted molar refractivity (Wildman–Crippen MR) is 81.8 cm³/mol. The van der Waals surface area contributed by atoms with Crippen molar-refractivity contribution < 1.29 is 14.3 Å². The molecule has 2 aromatic rings. The summed E-state index contributed by atoms with van der Waals surface area (Å²) in [5, 5.41) is 3.06. The number of hydrogen-bond donors (Lipinski definition) is 1. The Hall–Kier alpha value is -1.72. The maximum Gasteiger partial charge on any atom is 0.417 e. The van der Waals surface area contributed by atoms with E-state index in [-0.39, 0.29) is 0 Å². The van der Waals surface area contributed by atoms with E-state index in [9.17, 15) is 4.79 Å². The smallest absolute Gasteiger partial charge is 0.417 e. The van der Waals surface area contributed by atoms with Crippen LogP contribution in [0.1, 0.15) is 0 Å². The summed E-state index contributed by atoms with van der Waals surface area (Å²) in [5.41, 5.74) is 0.424. The van der Waals surface area contributed by atoms with E-state index in [1.54, 1.807) is 36.4 Å². The summed E-state index contributed by atoms with van der Waals surface area (Å²) in [7, 11) is 1.50. The average molecular weight is 357 g/mol. The standard InChI is InChI=1S/C14H11BrClNO3/c1-19-13-11(15)7-9(16)8-12(13)17-14(18)20-10-5-3-2-4-6-10/h2-8H,1H3,(H,17,18). The van der Waals surface area contributed by atoms with Crippen LogP contribution in [-0.4, -0.2) is 13.2 Å². The fourth-order valence-corrected chi connectivity index (χ4v) is 2.56. The SMILES string of the molecule is COc1c(Br)cc(Cl)cc1NC(=O)Oc1ccccc1. The number of ether oxygens (including phenoxy) is 2. The van der Waals surface area contributed by atoms with Crippen molar-refractivity contribution in [2.75, 3.05) is 12.4 Å². The van der Waals surface area contributed by atoms with E-state index >= 15 is 0 Å². The first-order valence-electron chi connectivity index (χ1n) is 5.67. The molecule has 0 aliphatic heterocycles. The summed E-state index contributed by atoms with van der Waals surface area (Å²) >= 11 is 9.26. The van der Waals surface area contributed by atoms with Gasteiger partial charge >= 0.3 is 6.09 Å². The Bertz CT molecular complexity index is 619. The number of nitrogens with one attached hydrogen (secondary N) is 1. The zero-order chi connectivity index (χ0) is 14.5. The Morgan fingerprint density at radius 3 is 2.60 bits per heavy atom. The van der Waals surface area contributed by atoms with Crippen LogP contribution in [-0.2, 0) is 0 Å². The molecule has 1 N–H and O–H groups in total. The molecule has 20 heavy (non-hydrogen) atoms. The zero-order valence-corrected chi connectivity index (χ0v) is 12.9. The molecule has 0 aromatic heterocycles. The van der Waals surface area contributed by atoms with Gasteiger partial charge in [-0.15, -0.1) is 0 Å². The maximum atomic E-state index is 11.8. The second-order valence-electron chi connectivity index (χ2n) is 3.80. The number of rotatable bonds is 3. The Morgan fingerprint density at radius 2 is 1.95 bits per heavy atom. The molecule has 0 aliphatic carbocycles. The number of carbonyl (C=O) groups is 1. The molecule has 0 spiro atoms. The van der Waals surface area contributed by atoms with Crippen LogP contribution < -0.4 is 14.8 Å². The van der Waals surface area contributed by atoms with Crippen LogP contribution in [0.15, 0.2) is 46.9 Å². The topological polar surface area (TPSA) is 47.6 Å². The minimum atomic E-state index is -0.622. The third-order valence-corrected chi connectivity index (χ3v) is 3.21. The molecule has 0 bridgehead atoms. The maximum absolute atomic E-state index is 11.8. The molecule has 0 heterocycles. The van der Waals surface area contributed by atoms with Crippen molar-refractivity contribution in [1.82, 2.24) is 0 Å². The van der Waals surface area contributed by atoms with Gasteiger partial charge in [0, 0.05) is 5.02 Å². The predicted octanol–water partition coefficient (Wildman–Crippen LogP) is 4.72. The molecule has 2 rings (SSSR count). The Labute approximate surface area is 129 Å². The van der Waals surface area contributed by atoms with Crippen molar-refractivity contribution in [3.05, 3.63) is 52.0 Å². The number of amides is 1.